The normalized spacial score (nSPS) is 23.6. The first-order valence-corrected chi connectivity index (χ1v) is 11.2. The minimum Gasteiger partial charge on any atom is -0.497 e. The Morgan fingerprint density at radius 2 is 1.47 bits per heavy atom. The summed E-state index contributed by atoms with van der Waals surface area (Å²) in [7, 11) is 3.35. The lowest BCUT2D eigenvalue weighted by atomic mass is 9.64. The van der Waals surface area contributed by atoms with Crippen molar-refractivity contribution in [2.75, 3.05) is 14.2 Å². The third-order valence-corrected chi connectivity index (χ3v) is 7.02. The number of ether oxygens (including phenoxy) is 3. The average molecular weight is 429 g/mol. The fraction of sp³-hybridized carbons (Fsp3) is 0.321. The Bertz CT molecular complexity index is 1120. The lowest BCUT2D eigenvalue weighted by Gasteiger charge is -2.42. The number of carbonyl (C=O) groups is 1. The van der Waals surface area contributed by atoms with Crippen LogP contribution in [-0.2, 0) is 4.79 Å². The smallest absolute Gasteiger partial charge is 0.137 e. The molecule has 0 saturated carbocycles. The van der Waals surface area contributed by atoms with Crippen molar-refractivity contribution in [1.82, 2.24) is 0 Å². The molecule has 0 saturated heterocycles. The second-order valence-electron chi connectivity index (χ2n) is 8.78. The van der Waals surface area contributed by atoms with Gasteiger partial charge in [0, 0.05) is 11.5 Å². The van der Waals surface area contributed by atoms with E-state index < -0.39 is 0 Å². The molecule has 0 amide bonds. The monoisotopic (exact) mass is 428 g/mol. The molecule has 1 aliphatic carbocycles. The molecule has 4 heteroatoms. The average Bonchev–Trinajstić information content (AvgIpc) is 2.83. The molecular weight excluding hydrogens is 400 g/mol. The molecule has 0 unspecified atom stereocenters. The molecule has 2 aliphatic rings. The molecule has 1 aliphatic heterocycles. The van der Waals surface area contributed by atoms with Crippen molar-refractivity contribution in [2.24, 2.45) is 0 Å². The zero-order chi connectivity index (χ0) is 22.2. The van der Waals surface area contributed by atoms with Crippen molar-refractivity contribution in [3.05, 3.63) is 89.0 Å². The summed E-state index contributed by atoms with van der Waals surface area (Å²) in [5.41, 5.74) is 4.69. The highest BCUT2D eigenvalue weighted by atomic mass is 16.5. The van der Waals surface area contributed by atoms with Crippen LogP contribution in [-0.4, -0.2) is 20.0 Å². The highest BCUT2D eigenvalue weighted by Crippen LogP contribution is 2.56. The van der Waals surface area contributed by atoms with Gasteiger partial charge in [0.1, 0.15) is 29.1 Å². The number of benzene rings is 3. The molecule has 0 radical (unpaired) electrons. The quantitative estimate of drug-likeness (QED) is 0.487. The molecule has 3 aromatic carbocycles. The van der Waals surface area contributed by atoms with Gasteiger partial charge in [-0.3, -0.25) is 4.79 Å². The van der Waals surface area contributed by atoms with E-state index in [0.29, 0.717) is 5.92 Å². The Kier molecular flexibility index (Phi) is 5.38. The van der Waals surface area contributed by atoms with Gasteiger partial charge in [-0.2, -0.15) is 0 Å². The van der Waals surface area contributed by atoms with E-state index in [9.17, 15) is 4.79 Å². The minimum absolute atomic E-state index is 0.0148. The van der Waals surface area contributed by atoms with Gasteiger partial charge < -0.3 is 14.2 Å². The topological polar surface area (TPSA) is 44.8 Å². The van der Waals surface area contributed by atoms with Crippen LogP contribution in [0.5, 0.6) is 17.2 Å². The van der Waals surface area contributed by atoms with Crippen molar-refractivity contribution in [1.29, 1.82) is 0 Å². The highest BCUT2D eigenvalue weighted by Gasteiger charge is 2.43. The van der Waals surface area contributed by atoms with Crippen molar-refractivity contribution < 1.29 is 19.0 Å². The second kappa shape index (κ2) is 8.34. The molecular formula is C28H28O4. The summed E-state index contributed by atoms with van der Waals surface area (Å²) in [6.07, 6.45) is 1.81. The number of rotatable bonds is 5. The molecule has 0 N–H and O–H groups in total. The molecule has 1 heterocycles. The van der Waals surface area contributed by atoms with E-state index in [0.717, 1.165) is 41.2 Å². The number of methoxy groups -OCH3 is 2. The summed E-state index contributed by atoms with van der Waals surface area (Å²) in [4.78, 5) is 12.9. The van der Waals surface area contributed by atoms with Crippen molar-refractivity contribution >= 4 is 5.78 Å². The van der Waals surface area contributed by atoms with E-state index in [-0.39, 0.29) is 23.7 Å². The molecule has 3 aromatic rings. The van der Waals surface area contributed by atoms with Crippen molar-refractivity contribution in [2.45, 2.75) is 43.6 Å². The van der Waals surface area contributed by atoms with Crippen molar-refractivity contribution in [3.63, 3.8) is 0 Å². The van der Waals surface area contributed by atoms with E-state index in [1.54, 1.807) is 21.1 Å². The first kappa shape index (κ1) is 20.6. The van der Waals surface area contributed by atoms with Gasteiger partial charge in [-0.15, -0.1) is 0 Å². The molecule has 5 rings (SSSR count). The summed E-state index contributed by atoms with van der Waals surface area (Å²) < 4.78 is 17.1. The van der Waals surface area contributed by atoms with E-state index >= 15 is 0 Å². The SMILES string of the molecule is COc1ccc([C@@H]2C[C@@H]3C[C@@H](c4ccc(OC)cc4)[C@H](C(C)=O)c4cccc(c43)O2)cc1. The second-order valence-corrected chi connectivity index (χ2v) is 8.78. The number of hydrogen-bond acceptors (Lipinski definition) is 4. The first-order chi connectivity index (χ1) is 15.6. The van der Waals surface area contributed by atoms with Crippen LogP contribution in [0.25, 0.3) is 0 Å². The lowest BCUT2D eigenvalue weighted by molar-refractivity contribution is -0.119. The number of hydrogen-bond donors (Lipinski definition) is 0. The van der Waals surface area contributed by atoms with Gasteiger partial charge in [-0.05, 0) is 78.6 Å². The van der Waals surface area contributed by atoms with Crippen LogP contribution in [0.2, 0.25) is 0 Å². The maximum absolute atomic E-state index is 12.9. The molecule has 164 valence electrons. The van der Waals surface area contributed by atoms with Crippen LogP contribution < -0.4 is 14.2 Å². The van der Waals surface area contributed by atoms with Crippen LogP contribution in [0.15, 0.2) is 66.7 Å². The van der Waals surface area contributed by atoms with Gasteiger partial charge in [0.25, 0.3) is 0 Å². The Hall–Kier alpha value is -3.27. The molecule has 0 fully saturated rings. The van der Waals surface area contributed by atoms with Gasteiger partial charge in [0.2, 0.25) is 0 Å². The lowest BCUT2D eigenvalue weighted by Crippen LogP contribution is -2.31. The predicted molar refractivity (Wildman–Crippen MR) is 124 cm³/mol. The van der Waals surface area contributed by atoms with Gasteiger partial charge in [-0.25, -0.2) is 0 Å². The molecule has 4 atom stereocenters. The summed E-state index contributed by atoms with van der Waals surface area (Å²) in [5, 5.41) is 0. The number of carbonyl (C=O) groups excluding carboxylic acids is 1. The summed E-state index contributed by atoms with van der Waals surface area (Å²) in [6.45, 7) is 1.71. The Labute approximate surface area is 189 Å². The standard InChI is InChI=1S/C28H28O4/c1-17(29)27-23-5-4-6-25-28(23)20(15-24(27)18-7-11-21(30-2)12-8-18)16-26(32-25)19-9-13-22(31-3)14-10-19/h4-14,20,24,26-27H,15-16H2,1-3H3/t20-,24-,26-,27+/m0/s1. The third kappa shape index (κ3) is 3.54. The van der Waals surface area contributed by atoms with E-state index in [4.69, 9.17) is 14.2 Å². The Balaban J connectivity index is 1.54. The molecule has 0 spiro atoms. The number of ketones is 1. The first-order valence-electron chi connectivity index (χ1n) is 11.2. The van der Waals surface area contributed by atoms with E-state index in [2.05, 4.69) is 30.3 Å². The zero-order valence-corrected chi connectivity index (χ0v) is 18.7. The number of Topliss-reactive ketones (excluding diaryl/α,β-unsaturated/α-hetero) is 1. The van der Waals surface area contributed by atoms with Crippen molar-refractivity contribution in [3.8, 4) is 17.2 Å². The Morgan fingerprint density at radius 1 is 0.844 bits per heavy atom. The van der Waals surface area contributed by atoms with Gasteiger partial charge >= 0.3 is 0 Å². The third-order valence-electron chi connectivity index (χ3n) is 7.02. The maximum atomic E-state index is 12.9. The largest absolute Gasteiger partial charge is 0.497 e. The fourth-order valence-corrected chi connectivity index (χ4v) is 5.53. The van der Waals surface area contributed by atoms with Gasteiger partial charge in [-0.1, -0.05) is 36.4 Å². The van der Waals surface area contributed by atoms with Gasteiger partial charge in [0.05, 0.1) is 14.2 Å². The minimum atomic E-state index is -0.157. The van der Waals surface area contributed by atoms with E-state index in [1.165, 1.54) is 11.1 Å². The van der Waals surface area contributed by atoms with Crippen LogP contribution in [0.3, 0.4) is 0 Å². The fourth-order valence-electron chi connectivity index (χ4n) is 5.53. The van der Waals surface area contributed by atoms with Crippen LogP contribution in [0, 0.1) is 0 Å². The van der Waals surface area contributed by atoms with Gasteiger partial charge in [0.15, 0.2) is 0 Å². The summed E-state index contributed by atoms with van der Waals surface area (Å²) in [6, 6.07) is 22.5. The molecule has 0 bridgehead atoms. The van der Waals surface area contributed by atoms with E-state index in [1.807, 2.05) is 36.4 Å². The molecule has 4 nitrogen and oxygen atoms in total. The molecule has 32 heavy (non-hydrogen) atoms. The summed E-state index contributed by atoms with van der Waals surface area (Å²) >= 11 is 0. The zero-order valence-electron chi connectivity index (χ0n) is 18.7. The Morgan fingerprint density at radius 3 is 2.06 bits per heavy atom. The van der Waals surface area contributed by atoms with Crippen LogP contribution >= 0.6 is 0 Å². The highest BCUT2D eigenvalue weighted by molar-refractivity contribution is 5.86. The van der Waals surface area contributed by atoms with Crippen LogP contribution in [0.4, 0.5) is 0 Å². The van der Waals surface area contributed by atoms with Crippen LogP contribution in [0.1, 0.15) is 65.9 Å². The maximum Gasteiger partial charge on any atom is 0.137 e. The molecule has 0 aromatic heterocycles. The predicted octanol–water partition coefficient (Wildman–Crippen LogP) is 6.17. The summed E-state index contributed by atoms with van der Waals surface area (Å²) in [5.74, 6) is 3.11.